The predicted octanol–water partition coefficient (Wildman–Crippen LogP) is 2.28. The lowest BCUT2D eigenvalue weighted by molar-refractivity contribution is 0.533. The fourth-order valence-corrected chi connectivity index (χ4v) is 2.60. The molecule has 0 bridgehead atoms. The van der Waals surface area contributed by atoms with Crippen LogP contribution in [-0.2, 0) is 13.0 Å². The maximum absolute atomic E-state index is 13.3. The second kappa shape index (κ2) is 4.53. The van der Waals surface area contributed by atoms with Crippen molar-refractivity contribution >= 4 is 0 Å². The van der Waals surface area contributed by atoms with Crippen LogP contribution in [0.4, 0.5) is 4.39 Å². The average molecular weight is 245 g/mol. The second-order valence-electron chi connectivity index (χ2n) is 4.55. The molecule has 3 nitrogen and oxygen atoms in total. The fourth-order valence-electron chi connectivity index (χ4n) is 2.60. The van der Waals surface area contributed by atoms with Crippen molar-refractivity contribution in [2.75, 3.05) is 6.54 Å². The zero-order valence-electron chi connectivity index (χ0n) is 10.4. The van der Waals surface area contributed by atoms with E-state index in [2.05, 4.69) is 21.8 Å². The number of halogens is 1. The first-order valence-corrected chi connectivity index (χ1v) is 6.32. The quantitative estimate of drug-likeness (QED) is 0.879. The van der Waals surface area contributed by atoms with Crippen LogP contribution in [-0.4, -0.2) is 16.1 Å². The van der Waals surface area contributed by atoms with Crippen LogP contribution in [0.3, 0.4) is 0 Å². The Labute approximate surface area is 106 Å². The molecule has 2 heterocycles. The van der Waals surface area contributed by atoms with Gasteiger partial charge < -0.3 is 9.88 Å². The van der Waals surface area contributed by atoms with Gasteiger partial charge in [-0.2, -0.15) is 0 Å². The molecule has 0 amide bonds. The van der Waals surface area contributed by atoms with Gasteiger partial charge in [-0.1, -0.05) is 12.1 Å². The maximum atomic E-state index is 13.3. The van der Waals surface area contributed by atoms with Gasteiger partial charge in [0.2, 0.25) is 0 Å². The number of aryl methyl sites for hydroxylation is 1. The summed E-state index contributed by atoms with van der Waals surface area (Å²) in [5.41, 5.74) is 3.25. The van der Waals surface area contributed by atoms with E-state index in [4.69, 9.17) is 0 Å². The van der Waals surface area contributed by atoms with Crippen molar-refractivity contribution in [1.29, 1.82) is 0 Å². The van der Waals surface area contributed by atoms with E-state index in [0.717, 1.165) is 30.8 Å². The van der Waals surface area contributed by atoms with E-state index in [9.17, 15) is 4.39 Å². The number of fused-ring (bicyclic) bond motifs is 1. The van der Waals surface area contributed by atoms with Gasteiger partial charge in [-0.05, 0) is 24.6 Å². The highest BCUT2D eigenvalue weighted by Crippen LogP contribution is 2.27. The van der Waals surface area contributed by atoms with Crippen LogP contribution in [0.25, 0.3) is 0 Å². The Kier molecular flexibility index (Phi) is 2.88. The summed E-state index contributed by atoms with van der Waals surface area (Å²) in [7, 11) is 0. The summed E-state index contributed by atoms with van der Waals surface area (Å²) < 4.78 is 15.5. The molecule has 1 atom stereocenters. The molecule has 3 rings (SSSR count). The lowest BCUT2D eigenvalue weighted by Gasteiger charge is -2.24. The van der Waals surface area contributed by atoms with Gasteiger partial charge in [0.15, 0.2) is 0 Å². The van der Waals surface area contributed by atoms with Crippen LogP contribution >= 0.6 is 0 Å². The third kappa shape index (κ3) is 1.82. The molecular weight excluding hydrogens is 229 g/mol. The maximum Gasteiger partial charge on any atom is 0.123 e. The van der Waals surface area contributed by atoms with E-state index in [0.29, 0.717) is 0 Å². The molecule has 0 aliphatic carbocycles. The average Bonchev–Trinajstić information content (AvgIpc) is 2.81. The van der Waals surface area contributed by atoms with E-state index in [1.54, 1.807) is 12.1 Å². The summed E-state index contributed by atoms with van der Waals surface area (Å²) >= 11 is 0. The van der Waals surface area contributed by atoms with E-state index >= 15 is 0 Å². The van der Waals surface area contributed by atoms with Crippen LogP contribution < -0.4 is 5.32 Å². The van der Waals surface area contributed by atoms with Gasteiger partial charge >= 0.3 is 0 Å². The number of aromatic nitrogens is 2. The fraction of sp³-hybridized carbons (Fsp3) is 0.357. The molecule has 0 radical (unpaired) electrons. The SMILES string of the molecule is CCn1cnc2c1CCNC2c1cccc(F)c1. The molecule has 1 aromatic carbocycles. The Morgan fingerprint density at radius 3 is 3.17 bits per heavy atom. The van der Waals surface area contributed by atoms with Crippen molar-refractivity contribution in [3.05, 3.63) is 53.4 Å². The lowest BCUT2D eigenvalue weighted by atomic mass is 9.98. The zero-order chi connectivity index (χ0) is 12.5. The summed E-state index contributed by atoms with van der Waals surface area (Å²) in [4.78, 5) is 4.49. The molecule has 18 heavy (non-hydrogen) atoms. The van der Waals surface area contributed by atoms with E-state index < -0.39 is 0 Å². The molecule has 2 aromatic rings. The summed E-state index contributed by atoms with van der Waals surface area (Å²) in [6.07, 6.45) is 2.86. The normalized spacial score (nSPS) is 18.7. The number of hydrogen-bond acceptors (Lipinski definition) is 2. The van der Waals surface area contributed by atoms with Gasteiger partial charge in [0.1, 0.15) is 5.82 Å². The summed E-state index contributed by atoms with van der Waals surface area (Å²) in [6, 6.07) is 6.76. The molecule has 4 heteroatoms. The Morgan fingerprint density at radius 1 is 1.50 bits per heavy atom. The number of hydrogen-bond donors (Lipinski definition) is 1. The largest absolute Gasteiger partial charge is 0.334 e. The Morgan fingerprint density at radius 2 is 2.39 bits per heavy atom. The highest BCUT2D eigenvalue weighted by molar-refractivity contribution is 5.33. The second-order valence-corrected chi connectivity index (χ2v) is 4.55. The van der Waals surface area contributed by atoms with Gasteiger partial charge in [0.25, 0.3) is 0 Å². The van der Waals surface area contributed by atoms with E-state index in [1.165, 1.54) is 11.8 Å². The topological polar surface area (TPSA) is 29.9 Å². The van der Waals surface area contributed by atoms with Crippen molar-refractivity contribution in [2.24, 2.45) is 0 Å². The molecule has 94 valence electrons. The predicted molar refractivity (Wildman–Crippen MR) is 67.9 cm³/mol. The van der Waals surface area contributed by atoms with Crippen LogP contribution in [0.5, 0.6) is 0 Å². The minimum atomic E-state index is -0.198. The van der Waals surface area contributed by atoms with Crippen molar-refractivity contribution in [2.45, 2.75) is 25.9 Å². The van der Waals surface area contributed by atoms with Crippen LogP contribution in [0.15, 0.2) is 30.6 Å². The lowest BCUT2D eigenvalue weighted by Crippen LogP contribution is -2.31. The minimum absolute atomic E-state index is 0.0113. The number of nitrogens with zero attached hydrogens (tertiary/aromatic N) is 2. The smallest absolute Gasteiger partial charge is 0.123 e. The van der Waals surface area contributed by atoms with Crippen molar-refractivity contribution < 1.29 is 4.39 Å². The molecule has 0 fully saturated rings. The first-order chi connectivity index (χ1) is 8.79. The van der Waals surface area contributed by atoms with Gasteiger partial charge in [-0.15, -0.1) is 0 Å². The molecule has 1 unspecified atom stereocenters. The third-order valence-corrected chi connectivity index (χ3v) is 3.48. The number of nitrogens with one attached hydrogen (secondary N) is 1. The molecular formula is C14H16FN3. The van der Waals surface area contributed by atoms with Crippen molar-refractivity contribution in [3.63, 3.8) is 0 Å². The van der Waals surface area contributed by atoms with Gasteiger partial charge in [-0.25, -0.2) is 9.37 Å². The summed E-state index contributed by atoms with van der Waals surface area (Å²) in [6.45, 7) is 3.94. The Balaban J connectivity index is 2.03. The van der Waals surface area contributed by atoms with E-state index in [1.807, 2.05) is 12.4 Å². The minimum Gasteiger partial charge on any atom is -0.334 e. The highest BCUT2D eigenvalue weighted by Gasteiger charge is 2.25. The summed E-state index contributed by atoms with van der Waals surface area (Å²) in [5, 5.41) is 3.41. The van der Waals surface area contributed by atoms with Crippen molar-refractivity contribution in [3.8, 4) is 0 Å². The van der Waals surface area contributed by atoms with Gasteiger partial charge in [-0.3, -0.25) is 0 Å². The van der Waals surface area contributed by atoms with Crippen LogP contribution in [0.2, 0.25) is 0 Å². The molecule has 1 N–H and O–H groups in total. The molecule has 1 aliphatic heterocycles. The van der Waals surface area contributed by atoms with Gasteiger partial charge in [0, 0.05) is 25.2 Å². The third-order valence-electron chi connectivity index (χ3n) is 3.48. The van der Waals surface area contributed by atoms with Gasteiger partial charge in [0.05, 0.1) is 18.1 Å². The first-order valence-electron chi connectivity index (χ1n) is 6.32. The van der Waals surface area contributed by atoms with Crippen molar-refractivity contribution in [1.82, 2.24) is 14.9 Å². The molecule has 0 saturated heterocycles. The molecule has 1 aromatic heterocycles. The van der Waals surface area contributed by atoms with Crippen LogP contribution in [0.1, 0.15) is 29.9 Å². The molecule has 0 spiro atoms. The molecule has 1 aliphatic rings. The molecule has 0 saturated carbocycles. The first kappa shape index (κ1) is 11.4. The number of benzene rings is 1. The summed E-state index contributed by atoms with van der Waals surface area (Å²) in [5.74, 6) is -0.198. The zero-order valence-corrected chi connectivity index (χ0v) is 10.4. The number of imidazole rings is 1. The Hall–Kier alpha value is -1.68. The highest BCUT2D eigenvalue weighted by atomic mass is 19.1. The monoisotopic (exact) mass is 245 g/mol. The Bertz CT molecular complexity index is 562. The standard InChI is InChI=1S/C14H16FN3/c1-2-18-9-17-14-12(18)6-7-16-13(14)10-4-3-5-11(15)8-10/h3-5,8-9,13,16H,2,6-7H2,1H3. The number of rotatable bonds is 2. The van der Waals surface area contributed by atoms with Crippen LogP contribution in [0, 0.1) is 5.82 Å². The van der Waals surface area contributed by atoms with E-state index in [-0.39, 0.29) is 11.9 Å².